The van der Waals surface area contributed by atoms with Gasteiger partial charge in [0.05, 0.1) is 25.0 Å². The van der Waals surface area contributed by atoms with Crippen LogP contribution in [0.3, 0.4) is 0 Å². The predicted octanol–water partition coefficient (Wildman–Crippen LogP) is 2.56. The van der Waals surface area contributed by atoms with Crippen molar-refractivity contribution in [3.63, 3.8) is 0 Å². The van der Waals surface area contributed by atoms with Crippen molar-refractivity contribution in [1.29, 1.82) is 0 Å². The van der Waals surface area contributed by atoms with Crippen LogP contribution in [-0.2, 0) is 4.79 Å². The molecule has 0 unspecified atom stereocenters. The number of aryl methyl sites for hydroxylation is 2. The number of aromatic amines is 1. The lowest BCUT2D eigenvalue weighted by Gasteiger charge is -2.31. The van der Waals surface area contributed by atoms with Crippen LogP contribution in [-0.4, -0.2) is 42.7 Å². The molecule has 1 N–H and O–H groups in total. The zero-order chi connectivity index (χ0) is 16.9. The van der Waals surface area contributed by atoms with E-state index in [2.05, 4.69) is 48.0 Å². The summed E-state index contributed by atoms with van der Waals surface area (Å²) in [5.74, 6) is 1.86. The van der Waals surface area contributed by atoms with Crippen LogP contribution in [0.15, 0.2) is 47.5 Å². The van der Waals surface area contributed by atoms with Gasteiger partial charge in [-0.3, -0.25) is 9.69 Å². The number of pyridine rings is 1. The highest BCUT2D eigenvalue weighted by molar-refractivity contribution is 8.00. The van der Waals surface area contributed by atoms with E-state index in [9.17, 15) is 4.79 Å². The molecule has 1 amide bonds. The van der Waals surface area contributed by atoms with E-state index < -0.39 is 0 Å². The van der Waals surface area contributed by atoms with Crippen LogP contribution in [0.5, 0.6) is 0 Å². The van der Waals surface area contributed by atoms with Crippen molar-refractivity contribution in [1.82, 2.24) is 4.90 Å². The number of hydrogen-bond acceptors (Lipinski definition) is 3. The zero-order valence-electron chi connectivity index (χ0n) is 14.3. The van der Waals surface area contributed by atoms with Crippen LogP contribution in [0.2, 0.25) is 0 Å². The van der Waals surface area contributed by atoms with Gasteiger partial charge in [0.2, 0.25) is 5.91 Å². The van der Waals surface area contributed by atoms with Gasteiger partial charge in [-0.25, -0.2) is 4.98 Å². The summed E-state index contributed by atoms with van der Waals surface area (Å²) in [6.45, 7) is 7.55. The topological polar surface area (TPSA) is 37.7 Å². The van der Waals surface area contributed by atoms with Gasteiger partial charge in [-0.2, -0.15) is 0 Å². The maximum absolute atomic E-state index is 12.4. The highest BCUT2D eigenvalue weighted by Gasteiger charge is 2.25. The molecule has 0 radical (unpaired) electrons. The van der Waals surface area contributed by atoms with Gasteiger partial charge in [-0.05, 0) is 43.2 Å². The Bertz CT molecular complexity index is 697. The second-order valence-corrected chi connectivity index (χ2v) is 7.20. The Balaban J connectivity index is 1.49. The summed E-state index contributed by atoms with van der Waals surface area (Å²) in [7, 11) is 0. The molecule has 126 valence electrons. The minimum Gasteiger partial charge on any atom is -0.334 e. The van der Waals surface area contributed by atoms with Crippen LogP contribution in [0.4, 0.5) is 5.82 Å². The fourth-order valence-electron chi connectivity index (χ4n) is 2.82. The molecule has 4 nitrogen and oxygen atoms in total. The SMILES string of the molecule is Cc1ccc(SCC(=O)N2CCN(c3cccc[nH+]3)CC2)cc1C. The summed E-state index contributed by atoms with van der Waals surface area (Å²) in [5, 5.41) is 0. The second-order valence-electron chi connectivity index (χ2n) is 6.15. The lowest BCUT2D eigenvalue weighted by molar-refractivity contribution is -0.364. The van der Waals surface area contributed by atoms with E-state index in [0.717, 1.165) is 32.0 Å². The number of nitrogens with one attached hydrogen (secondary N) is 1. The Morgan fingerprint density at radius 2 is 1.88 bits per heavy atom. The van der Waals surface area contributed by atoms with Crippen molar-refractivity contribution >= 4 is 23.5 Å². The number of carbonyl (C=O) groups excluding carboxylic acids is 1. The normalized spacial score (nSPS) is 14.8. The molecule has 0 saturated carbocycles. The van der Waals surface area contributed by atoms with E-state index >= 15 is 0 Å². The van der Waals surface area contributed by atoms with E-state index in [1.807, 2.05) is 23.2 Å². The second kappa shape index (κ2) is 7.71. The van der Waals surface area contributed by atoms with Crippen molar-refractivity contribution in [2.45, 2.75) is 18.7 Å². The molecule has 2 aromatic rings. The van der Waals surface area contributed by atoms with Crippen molar-refractivity contribution in [3.8, 4) is 0 Å². The van der Waals surface area contributed by atoms with Gasteiger partial charge in [0.25, 0.3) is 5.82 Å². The number of anilines is 1. The standard InChI is InChI=1S/C19H23N3OS/c1-15-6-7-17(13-16(15)2)24-14-19(23)22-11-9-21(10-12-22)18-5-3-4-8-20-18/h3-8,13H,9-12,14H2,1-2H3/p+1. The summed E-state index contributed by atoms with van der Waals surface area (Å²) >= 11 is 1.63. The van der Waals surface area contributed by atoms with Gasteiger partial charge >= 0.3 is 0 Å². The Morgan fingerprint density at radius 1 is 1.08 bits per heavy atom. The fraction of sp³-hybridized carbons (Fsp3) is 0.368. The molecule has 1 fully saturated rings. The minimum atomic E-state index is 0.231. The molecule has 1 saturated heterocycles. The summed E-state index contributed by atoms with van der Waals surface area (Å²) in [6, 6.07) is 12.5. The lowest BCUT2D eigenvalue weighted by atomic mass is 10.1. The third-order valence-electron chi connectivity index (χ3n) is 4.51. The average molecular weight is 342 g/mol. The summed E-state index contributed by atoms with van der Waals surface area (Å²) in [4.78, 5) is 21.1. The number of piperazine rings is 1. The first-order valence-corrected chi connectivity index (χ1v) is 9.31. The van der Waals surface area contributed by atoms with Gasteiger partial charge in [0, 0.05) is 11.0 Å². The fourth-order valence-corrected chi connectivity index (χ4v) is 3.71. The number of nitrogens with zero attached hydrogens (tertiary/aromatic N) is 2. The molecule has 1 aromatic heterocycles. The Kier molecular flexibility index (Phi) is 5.41. The number of amides is 1. The zero-order valence-corrected chi connectivity index (χ0v) is 15.1. The number of benzene rings is 1. The molecule has 0 spiro atoms. The summed E-state index contributed by atoms with van der Waals surface area (Å²) in [5.41, 5.74) is 2.57. The average Bonchev–Trinajstić information content (AvgIpc) is 2.63. The van der Waals surface area contributed by atoms with E-state index in [4.69, 9.17) is 0 Å². The molecule has 0 bridgehead atoms. The van der Waals surface area contributed by atoms with E-state index in [-0.39, 0.29) is 5.91 Å². The molecular weight excluding hydrogens is 318 g/mol. The number of H-pyrrole nitrogens is 1. The van der Waals surface area contributed by atoms with E-state index in [1.54, 1.807) is 11.8 Å². The Hall–Kier alpha value is -2.01. The molecular formula is C19H24N3OS+. The molecule has 5 heteroatoms. The summed E-state index contributed by atoms with van der Waals surface area (Å²) < 4.78 is 0. The van der Waals surface area contributed by atoms with Crippen molar-refractivity contribution in [2.75, 3.05) is 36.8 Å². The molecule has 24 heavy (non-hydrogen) atoms. The van der Waals surface area contributed by atoms with Crippen molar-refractivity contribution in [2.24, 2.45) is 0 Å². The van der Waals surface area contributed by atoms with Crippen LogP contribution < -0.4 is 9.88 Å². The highest BCUT2D eigenvalue weighted by Crippen LogP contribution is 2.21. The first-order chi connectivity index (χ1) is 11.6. The molecule has 1 aromatic carbocycles. The number of carbonyl (C=O) groups is 1. The number of hydrogen-bond donors (Lipinski definition) is 0. The lowest BCUT2D eigenvalue weighted by Crippen LogP contribution is -2.50. The van der Waals surface area contributed by atoms with Crippen molar-refractivity contribution < 1.29 is 9.78 Å². The van der Waals surface area contributed by atoms with Crippen molar-refractivity contribution in [3.05, 3.63) is 53.7 Å². The van der Waals surface area contributed by atoms with Crippen LogP contribution in [0, 0.1) is 13.8 Å². The van der Waals surface area contributed by atoms with E-state index in [0.29, 0.717) is 5.75 Å². The first-order valence-electron chi connectivity index (χ1n) is 8.33. The van der Waals surface area contributed by atoms with Crippen LogP contribution in [0.25, 0.3) is 0 Å². The van der Waals surface area contributed by atoms with Crippen LogP contribution >= 0.6 is 11.8 Å². The van der Waals surface area contributed by atoms with E-state index in [1.165, 1.54) is 16.0 Å². The third-order valence-corrected chi connectivity index (χ3v) is 5.48. The van der Waals surface area contributed by atoms with Gasteiger partial charge in [-0.1, -0.05) is 12.1 Å². The molecule has 1 aliphatic heterocycles. The first kappa shape index (κ1) is 16.8. The molecule has 0 atom stereocenters. The largest absolute Gasteiger partial charge is 0.334 e. The Labute approximate surface area is 147 Å². The van der Waals surface area contributed by atoms with Gasteiger partial charge in [0.15, 0.2) is 0 Å². The highest BCUT2D eigenvalue weighted by atomic mass is 32.2. The molecule has 1 aliphatic rings. The number of aromatic nitrogens is 1. The van der Waals surface area contributed by atoms with Gasteiger partial charge < -0.3 is 4.90 Å². The number of rotatable bonds is 4. The third kappa shape index (κ3) is 4.09. The van der Waals surface area contributed by atoms with Crippen LogP contribution in [0.1, 0.15) is 11.1 Å². The summed E-state index contributed by atoms with van der Waals surface area (Å²) in [6.07, 6.45) is 1.94. The molecule has 0 aliphatic carbocycles. The van der Waals surface area contributed by atoms with Gasteiger partial charge in [-0.15, -0.1) is 11.8 Å². The monoisotopic (exact) mass is 342 g/mol. The smallest absolute Gasteiger partial charge is 0.274 e. The van der Waals surface area contributed by atoms with Gasteiger partial charge in [0.1, 0.15) is 13.1 Å². The molecule has 2 heterocycles. The maximum atomic E-state index is 12.4. The molecule has 3 rings (SSSR count). The Morgan fingerprint density at radius 3 is 2.54 bits per heavy atom. The maximum Gasteiger partial charge on any atom is 0.274 e. The predicted molar refractivity (Wildman–Crippen MR) is 98.4 cm³/mol. The minimum absolute atomic E-state index is 0.231. The quantitative estimate of drug-likeness (QED) is 0.802. The number of thioether (sulfide) groups is 1.